The van der Waals surface area contributed by atoms with Crippen molar-refractivity contribution < 1.29 is 19.1 Å². The molecule has 0 aromatic heterocycles. The lowest BCUT2D eigenvalue weighted by Crippen LogP contribution is -2.53. The summed E-state index contributed by atoms with van der Waals surface area (Å²) < 4.78 is 11.3. The molecule has 1 saturated heterocycles. The van der Waals surface area contributed by atoms with E-state index in [9.17, 15) is 9.59 Å². The number of rotatable bonds is 1. The van der Waals surface area contributed by atoms with Gasteiger partial charge in [-0.2, -0.15) is 0 Å². The van der Waals surface area contributed by atoms with Crippen molar-refractivity contribution in [2.45, 2.75) is 59.2 Å². The SMILES string of the molecule is CC(=O)O[C@@H]1CC=C(C)[C@@H]2[C@H]3OC(=O)[C@@H](C)[C@@H]3CC[C@]21C. The number of hydrogen-bond donors (Lipinski definition) is 0. The van der Waals surface area contributed by atoms with E-state index in [1.165, 1.54) is 12.5 Å². The van der Waals surface area contributed by atoms with Crippen molar-refractivity contribution in [1.29, 1.82) is 0 Å². The van der Waals surface area contributed by atoms with Crippen LogP contribution >= 0.6 is 0 Å². The second-order valence-corrected chi connectivity index (χ2v) is 7.16. The Morgan fingerprint density at radius 2 is 2.19 bits per heavy atom. The minimum atomic E-state index is -0.230. The Labute approximate surface area is 125 Å². The Hall–Kier alpha value is -1.32. The summed E-state index contributed by atoms with van der Waals surface area (Å²) in [5.41, 5.74) is 1.15. The van der Waals surface area contributed by atoms with E-state index in [0.717, 1.165) is 19.3 Å². The molecule has 3 rings (SSSR count). The molecule has 1 heterocycles. The average Bonchev–Trinajstić information content (AvgIpc) is 2.68. The lowest BCUT2D eigenvalue weighted by molar-refractivity contribution is -0.167. The fourth-order valence-corrected chi connectivity index (χ4v) is 4.74. The molecule has 0 N–H and O–H groups in total. The monoisotopic (exact) mass is 292 g/mol. The van der Waals surface area contributed by atoms with E-state index in [2.05, 4.69) is 19.9 Å². The van der Waals surface area contributed by atoms with Gasteiger partial charge in [-0.05, 0) is 19.8 Å². The summed E-state index contributed by atoms with van der Waals surface area (Å²) >= 11 is 0. The number of hydrogen-bond acceptors (Lipinski definition) is 4. The lowest BCUT2D eigenvalue weighted by Gasteiger charge is -2.52. The Kier molecular flexibility index (Phi) is 3.38. The van der Waals surface area contributed by atoms with Gasteiger partial charge in [0.05, 0.1) is 5.92 Å². The van der Waals surface area contributed by atoms with Gasteiger partial charge in [0.1, 0.15) is 12.2 Å². The van der Waals surface area contributed by atoms with Crippen LogP contribution in [0.1, 0.15) is 47.0 Å². The highest BCUT2D eigenvalue weighted by Gasteiger charge is 2.59. The third kappa shape index (κ3) is 2.11. The summed E-state index contributed by atoms with van der Waals surface area (Å²) in [6.07, 6.45) is 4.69. The van der Waals surface area contributed by atoms with Gasteiger partial charge < -0.3 is 9.47 Å². The molecule has 2 aliphatic carbocycles. The van der Waals surface area contributed by atoms with Gasteiger partial charge in [-0.1, -0.05) is 25.5 Å². The van der Waals surface area contributed by atoms with Crippen LogP contribution in [0.2, 0.25) is 0 Å². The Bertz CT molecular complexity index is 509. The molecule has 0 unspecified atom stereocenters. The molecule has 0 bridgehead atoms. The van der Waals surface area contributed by atoms with Gasteiger partial charge >= 0.3 is 11.9 Å². The molecular weight excluding hydrogens is 268 g/mol. The van der Waals surface area contributed by atoms with Gasteiger partial charge in [0, 0.05) is 30.6 Å². The molecule has 3 aliphatic rings. The van der Waals surface area contributed by atoms with Crippen LogP contribution < -0.4 is 0 Å². The summed E-state index contributed by atoms with van der Waals surface area (Å²) in [6.45, 7) is 7.74. The van der Waals surface area contributed by atoms with Crippen LogP contribution in [0, 0.1) is 23.2 Å². The molecular formula is C17H24O4. The molecule has 0 aromatic carbocycles. The average molecular weight is 292 g/mol. The maximum atomic E-state index is 12.0. The lowest BCUT2D eigenvalue weighted by atomic mass is 9.55. The minimum absolute atomic E-state index is 0.0125. The first-order valence-electron chi connectivity index (χ1n) is 7.89. The molecule has 0 amide bonds. The van der Waals surface area contributed by atoms with E-state index in [1.807, 2.05) is 6.92 Å². The predicted octanol–water partition coefficient (Wildman–Crippen LogP) is 2.86. The van der Waals surface area contributed by atoms with Crippen molar-refractivity contribution >= 4 is 11.9 Å². The molecule has 0 aromatic rings. The summed E-state index contributed by atoms with van der Waals surface area (Å²) in [4.78, 5) is 23.4. The highest BCUT2D eigenvalue weighted by molar-refractivity contribution is 5.75. The topological polar surface area (TPSA) is 52.6 Å². The van der Waals surface area contributed by atoms with Crippen LogP contribution in [-0.2, 0) is 19.1 Å². The molecule has 6 atom stereocenters. The van der Waals surface area contributed by atoms with Crippen LogP contribution in [0.25, 0.3) is 0 Å². The van der Waals surface area contributed by atoms with E-state index < -0.39 is 0 Å². The molecule has 2 fully saturated rings. The van der Waals surface area contributed by atoms with Crippen LogP contribution in [0.3, 0.4) is 0 Å². The maximum Gasteiger partial charge on any atom is 0.309 e. The fourth-order valence-electron chi connectivity index (χ4n) is 4.74. The number of carbonyl (C=O) groups excluding carboxylic acids is 2. The van der Waals surface area contributed by atoms with E-state index in [-0.39, 0.29) is 41.4 Å². The zero-order chi connectivity index (χ0) is 15.4. The second kappa shape index (κ2) is 4.85. The van der Waals surface area contributed by atoms with Crippen molar-refractivity contribution in [3.8, 4) is 0 Å². The van der Waals surface area contributed by atoms with Gasteiger partial charge in [0.15, 0.2) is 0 Å². The summed E-state index contributed by atoms with van der Waals surface area (Å²) in [5, 5.41) is 0. The number of esters is 2. The van der Waals surface area contributed by atoms with Crippen LogP contribution in [0.4, 0.5) is 0 Å². The molecule has 4 nitrogen and oxygen atoms in total. The van der Waals surface area contributed by atoms with Gasteiger partial charge in [0.25, 0.3) is 0 Å². The summed E-state index contributed by atoms with van der Waals surface area (Å²) in [7, 11) is 0. The van der Waals surface area contributed by atoms with Crippen molar-refractivity contribution in [1.82, 2.24) is 0 Å². The number of ether oxygens (including phenoxy) is 2. The van der Waals surface area contributed by atoms with Gasteiger partial charge in [-0.15, -0.1) is 0 Å². The van der Waals surface area contributed by atoms with Crippen molar-refractivity contribution in [2.75, 3.05) is 0 Å². The molecule has 4 heteroatoms. The van der Waals surface area contributed by atoms with Crippen LogP contribution in [0.5, 0.6) is 0 Å². The first kappa shape index (κ1) is 14.6. The standard InChI is InChI=1S/C17H24O4/c1-9-5-6-13(20-11(3)18)17(4)8-7-12-10(2)16(19)21-15(12)14(9)17/h5,10,12-15H,6-8H2,1-4H3/t10-,12-,13+,14+,15-,17-/m0/s1. The maximum absolute atomic E-state index is 12.0. The van der Waals surface area contributed by atoms with Gasteiger partial charge in [-0.25, -0.2) is 0 Å². The van der Waals surface area contributed by atoms with E-state index >= 15 is 0 Å². The number of carbonyl (C=O) groups is 2. The van der Waals surface area contributed by atoms with E-state index in [1.54, 1.807) is 0 Å². The summed E-state index contributed by atoms with van der Waals surface area (Å²) in [6, 6.07) is 0. The Morgan fingerprint density at radius 3 is 2.86 bits per heavy atom. The minimum Gasteiger partial charge on any atom is -0.462 e. The first-order valence-corrected chi connectivity index (χ1v) is 7.89. The first-order chi connectivity index (χ1) is 9.84. The van der Waals surface area contributed by atoms with Crippen molar-refractivity contribution in [2.24, 2.45) is 23.2 Å². The molecule has 116 valence electrons. The number of fused-ring (bicyclic) bond motifs is 3. The Balaban J connectivity index is 1.96. The molecule has 0 radical (unpaired) electrons. The fraction of sp³-hybridized carbons (Fsp3) is 0.765. The van der Waals surface area contributed by atoms with E-state index in [4.69, 9.17) is 9.47 Å². The van der Waals surface area contributed by atoms with Crippen molar-refractivity contribution in [3.63, 3.8) is 0 Å². The third-order valence-corrected chi connectivity index (χ3v) is 5.93. The molecule has 1 saturated carbocycles. The quantitative estimate of drug-likeness (QED) is 0.551. The Morgan fingerprint density at radius 1 is 1.48 bits per heavy atom. The van der Waals surface area contributed by atoms with Crippen LogP contribution in [-0.4, -0.2) is 24.1 Å². The zero-order valence-electron chi connectivity index (χ0n) is 13.2. The molecule has 1 aliphatic heterocycles. The zero-order valence-corrected chi connectivity index (χ0v) is 13.2. The van der Waals surface area contributed by atoms with Gasteiger partial charge in [0.2, 0.25) is 0 Å². The predicted molar refractivity (Wildman–Crippen MR) is 77.3 cm³/mol. The van der Waals surface area contributed by atoms with Crippen LogP contribution in [0.15, 0.2) is 11.6 Å². The van der Waals surface area contributed by atoms with Crippen molar-refractivity contribution in [3.05, 3.63) is 11.6 Å². The molecule has 0 spiro atoms. The van der Waals surface area contributed by atoms with Gasteiger partial charge in [-0.3, -0.25) is 9.59 Å². The van der Waals surface area contributed by atoms with E-state index in [0.29, 0.717) is 5.92 Å². The third-order valence-electron chi connectivity index (χ3n) is 5.93. The smallest absolute Gasteiger partial charge is 0.309 e. The molecule has 21 heavy (non-hydrogen) atoms. The largest absolute Gasteiger partial charge is 0.462 e. The highest BCUT2D eigenvalue weighted by Crippen LogP contribution is 2.57. The normalized spacial score (nSPS) is 45.2. The highest BCUT2D eigenvalue weighted by atomic mass is 16.6. The summed E-state index contributed by atoms with van der Waals surface area (Å²) in [5.74, 6) is 0.156. The second-order valence-electron chi connectivity index (χ2n) is 7.16.